The molecule has 0 aliphatic carbocycles. The fourth-order valence-electron chi connectivity index (χ4n) is 2.69. The van der Waals surface area contributed by atoms with Gasteiger partial charge in [-0.1, -0.05) is 6.42 Å². The lowest BCUT2D eigenvalue weighted by Gasteiger charge is -2.27. The van der Waals surface area contributed by atoms with Gasteiger partial charge in [0.25, 0.3) is 0 Å². The number of piperidine rings is 1. The van der Waals surface area contributed by atoms with E-state index in [0.29, 0.717) is 25.4 Å². The van der Waals surface area contributed by atoms with Crippen LogP contribution in [0.25, 0.3) is 0 Å². The lowest BCUT2D eigenvalue weighted by molar-refractivity contribution is -0.113. The highest BCUT2D eigenvalue weighted by Crippen LogP contribution is 2.31. The summed E-state index contributed by atoms with van der Waals surface area (Å²) in [5, 5.41) is 11.2. The lowest BCUT2D eigenvalue weighted by Crippen LogP contribution is -2.35. The maximum Gasteiger partial charge on any atom is 0.246 e. The lowest BCUT2D eigenvalue weighted by atomic mass is 10.2. The maximum atomic E-state index is 13.0. The molecule has 1 aliphatic rings. The molecule has 0 unspecified atom stereocenters. The molecule has 2 rings (SSSR count). The number of thioether (sulfide) groups is 1. The minimum atomic E-state index is -3.69. The van der Waals surface area contributed by atoms with Crippen molar-refractivity contribution in [3.63, 3.8) is 0 Å². The Morgan fingerprint density at radius 3 is 2.73 bits per heavy atom. The van der Waals surface area contributed by atoms with Gasteiger partial charge in [0.15, 0.2) is 0 Å². The number of hydrogen-bond donors (Lipinski definition) is 1. The summed E-state index contributed by atoms with van der Waals surface area (Å²) < 4.78 is 33.0. The summed E-state index contributed by atoms with van der Waals surface area (Å²) in [7, 11) is -3.69. The minimum absolute atomic E-state index is 0.0729. The number of rotatable bonds is 8. The first kappa shape index (κ1) is 20.6. The van der Waals surface area contributed by atoms with Gasteiger partial charge in [-0.25, -0.2) is 8.42 Å². The van der Waals surface area contributed by atoms with Crippen molar-refractivity contribution in [2.24, 2.45) is 0 Å². The molecule has 1 heterocycles. The predicted molar refractivity (Wildman–Crippen MR) is 102 cm³/mol. The van der Waals surface area contributed by atoms with E-state index in [4.69, 9.17) is 10.00 Å². The van der Waals surface area contributed by atoms with Gasteiger partial charge in [-0.15, -0.1) is 11.8 Å². The molecule has 0 spiro atoms. The first-order valence-corrected chi connectivity index (χ1v) is 11.1. The van der Waals surface area contributed by atoms with E-state index in [1.807, 2.05) is 6.07 Å². The molecule has 1 N–H and O–H groups in total. The van der Waals surface area contributed by atoms with E-state index in [1.165, 1.54) is 22.1 Å². The molecule has 0 bridgehead atoms. The molecule has 0 saturated carbocycles. The summed E-state index contributed by atoms with van der Waals surface area (Å²) in [5.74, 6) is 0.367. The van der Waals surface area contributed by atoms with E-state index in [9.17, 15) is 13.2 Å². The number of ether oxygens (including phenoxy) is 1. The number of carbonyl (C=O) groups is 1. The van der Waals surface area contributed by atoms with E-state index in [1.54, 1.807) is 19.1 Å². The minimum Gasteiger partial charge on any atom is -0.492 e. The van der Waals surface area contributed by atoms with Crippen LogP contribution in [0.4, 0.5) is 5.69 Å². The first-order chi connectivity index (χ1) is 12.5. The van der Waals surface area contributed by atoms with Gasteiger partial charge in [-0.05, 0) is 38.0 Å². The quantitative estimate of drug-likeness (QED) is 0.677. The summed E-state index contributed by atoms with van der Waals surface area (Å²) in [5.41, 5.74) is 0.395. The van der Waals surface area contributed by atoms with Crippen LogP contribution in [0.15, 0.2) is 23.1 Å². The van der Waals surface area contributed by atoms with Crippen LogP contribution in [0.5, 0.6) is 5.75 Å². The smallest absolute Gasteiger partial charge is 0.246 e. The van der Waals surface area contributed by atoms with Crippen LogP contribution < -0.4 is 10.1 Å². The van der Waals surface area contributed by atoms with Gasteiger partial charge in [0.05, 0.1) is 24.2 Å². The van der Waals surface area contributed by atoms with Gasteiger partial charge in [-0.3, -0.25) is 4.79 Å². The third-order valence-corrected chi connectivity index (χ3v) is 6.58. The van der Waals surface area contributed by atoms with Gasteiger partial charge < -0.3 is 10.1 Å². The van der Waals surface area contributed by atoms with Gasteiger partial charge in [0, 0.05) is 18.8 Å². The van der Waals surface area contributed by atoms with Crippen molar-refractivity contribution in [1.29, 1.82) is 5.26 Å². The molecule has 1 aromatic rings. The van der Waals surface area contributed by atoms with Crippen LogP contribution in [0.1, 0.15) is 26.2 Å². The summed E-state index contributed by atoms with van der Waals surface area (Å²) in [6.07, 6.45) is 2.71. The zero-order valence-corrected chi connectivity index (χ0v) is 16.4. The largest absolute Gasteiger partial charge is 0.492 e. The standard InChI is InChI=1S/C17H23N3O4S2/c1-2-24-15-7-6-14(19-17(21)13-25-11-8-18)12-16(15)26(22,23)20-9-4-3-5-10-20/h6-7,12H,2-5,9-11,13H2,1H3,(H,19,21). The van der Waals surface area contributed by atoms with Gasteiger partial charge in [0.1, 0.15) is 10.6 Å². The highest BCUT2D eigenvalue weighted by Gasteiger charge is 2.29. The Bertz CT molecular complexity index is 769. The number of nitrogens with zero attached hydrogens (tertiary/aromatic N) is 2. The van der Waals surface area contributed by atoms with Crippen molar-refractivity contribution in [2.45, 2.75) is 31.1 Å². The van der Waals surface area contributed by atoms with E-state index in [-0.39, 0.29) is 28.1 Å². The van der Waals surface area contributed by atoms with Crippen LogP contribution in [-0.2, 0) is 14.8 Å². The van der Waals surface area contributed by atoms with E-state index in [0.717, 1.165) is 19.3 Å². The molecule has 26 heavy (non-hydrogen) atoms. The predicted octanol–water partition coefficient (Wildman–Crippen LogP) is 2.46. The summed E-state index contributed by atoms with van der Waals surface area (Å²) in [6.45, 7) is 3.13. The normalized spacial score (nSPS) is 15.2. The maximum absolute atomic E-state index is 13.0. The van der Waals surface area contributed by atoms with E-state index in [2.05, 4.69) is 5.32 Å². The van der Waals surface area contributed by atoms with Crippen molar-refractivity contribution >= 4 is 33.4 Å². The number of nitrogens with one attached hydrogen (secondary N) is 1. The summed E-state index contributed by atoms with van der Waals surface area (Å²) >= 11 is 1.20. The molecule has 1 amide bonds. The number of sulfonamides is 1. The Morgan fingerprint density at radius 1 is 1.35 bits per heavy atom. The molecular formula is C17H23N3O4S2. The van der Waals surface area contributed by atoms with Crippen molar-refractivity contribution in [2.75, 3.05) is 36.5 Å². The topological polar surface area (TPSA) is 99.5 Å². The fourth-order valence-corrected chi connectivity index (χ4v) is 4.82. The van der Waals surface area contributed by atoms with Crippen molar-refractivity contribution in [3.05, 3.63) is 18.2 Å². The van der Waals surface area contributed by atoms with Crippen LogP contribution in [0.2, 0.25) is 0 Å². The van der Waals surface area contributed by atoms with Gasteiger partial charge in [-0.2, -0.15) is 9.57 Å². The SMILES string of the molecule is CCOc1ccc(NC(=O)CSCC#N)cc1S(=O)(=O)N1CCCCC1. The number of hydrogen-bond acceptors (Lipinski definition) is 6. The number of carbonyl (C=O) groups excluding carboxylic acids is 1. The van der Waals surface area contributed by atoms with Crippen molar-refractivity contribution in [3.8, 4) is 11.8 Å². The highest BCUT2D eigenvalue weighted by atomic mass is 32.2. The molecule has 142 valence electrons. The number of nitriles is 1. The summed E-state index contributed by atoms with van der Waals surface area (Å²) in [4.78, 5) is 12.0. The molecule has 0 atom stereocenters. The van der Waals surface area contributed by atoms with Crippen LogP contribution >= 0.6 is 11.8 Å². The molecule has 7 nitrogen and oxygen atoms in total. The van der Waals surface area contributed by atoms with E-state index < -0.39 is 10.0 Å². The number of benzene rings is 1. The van der Waals surface area contributed by atoms with E-state index >= 15 is 0 Å². The molecule has 0 radical (unpaired) electrons. The average Bonchev–Trinajstić information content (AvgIpc) is 2.64. The zero-order chi connectivity index (χ0) is 19.0. The third kappa shape index (κ3) is 5.37. The van der Waals surface area contributed by atoms with Crippen LogP contribution in [0, 0.1) is 11.3 Å². The third-order valence-electron chi connectivity index (χ3n) is 3.86. The molecule has 1 aromatic carbocycles. The van der Waals surface area contributed by atoms with Crippen molar-refractivity contribution in [1.82, 2.24) is 4.31 Å². The Morgan fingerprint density at radius 2 is 2.08 bits per heavy atom. The summed E-state index contributed by atoms with van der Waals surface area (Å²) in [6, 6.07) is 6.59. The number of amides is 1. The van der Waals surface area contributed by atoms with Crippen molar-refractivity contribution < 1.29 is 17.9 Å². The average molecular weight is 398 g/mol. The monoisotopic (exact) mass is 397 g/mol. The second-order valence-electron chi connectivity index (χ2n) is 5.76. The molecule has 9 heteroatoms. The zero-order valence-electron chi connectivity index (χ0n) is 14.7. The Hall–Kier alpha value is -1.76. The second kappa shape index (κ2) is 9.80. The molecule has 0 aromatic heterocycles. The molecule has 1 saturated heterocycles. The fraction of sp³-hybridized carbons (Fsp3) is 0.529. The number of anilines is 1. The van der Waals surface area contributed by atoms with Crippen LogP contribution in [-0.4, -0.2) is 49.8 Å². The van der Waals surface area contributed by atoms with Crippen LogP contribution in [0.3, 0.4) is 0 Å². The second-order valence-corrected chi connectivity index (χ2v) is 8.65. The Kier molecular flexibility index (Phi) is 7.75. The van der Waals surface area contributed by atoms with Gasteiger partial charge in [0.2, 0.25) is 15.9 Å². The van der Waals surface area contributed by atoms with Gasteiger partial charge >= 0.3 is 0 Å². The highest BCUT2D eigenvalue weighted by molar-refractivity contribution is 8.00. The Labute approximate surface area is 158 Å². The molecule has 1 aliphatic heterocycles. The molecule has 1 fully saturated rings. The Balaban J connectivity index is 2.25. The first-order valence-electron chi connectivity index (χ1n) is 8.50. The molecular weight excluding hydrogens is 374 g/mol.